The van der Waals surface area contributed by atoms with Crippen molar-refractivity contribution in [3.63, 3.8) is 0 Å². The molecule has 3 rings (SSSR count). The summed E-state index contributed by atoms with van der Waals surface area (Å²) in [6, 6.07) is 5.41. The molecule has 0 unspecified atom stereocenters. The highest BCUT2D eigenvalue weighted by Crippen LogP contribution is 2.32. The zero-order valence-electron chi connectivity index (χ0n) is 13.1. The molecule has 0 aliphatic heterocycles. The number of carbonyl (C=O) groups is 1. The number of aromatic nitrogens is 4. The molecule has 24 heavy (non-hydrogen) atoms. The maximum absolute atomic E-state index is 12.3. The minimum Gasteiger partial charge on any atom is -0.375 e. The van der Waals surface area contributed by atoms with Crippen LogP contribution in [0.2, 0.25) is 5.02 Å². The fraction of sp³-hybridized carbons (Fsp3) is 0.200. The lowest BCUT2D eigenvalue weighted by molar-refractivity contribution is -0.115. The predicted molar refractivity (Wildman–Crippen MR) is 95.6 cm³/mol. The third kappa shape index (κ3) is 3.55. The molecular formula is C15H15ClN6OS. The number of H-pyrrole nitrogens is 1. The van der Waals surface area contributed by atoms with E-state index >= 15 is 0 Å². The summed E-state index contributed by atoms with van der Waals surface area (Å²) in [6.07, 6.45) is 1.59. The van der Waals surface area contributed by atoms with E-state index in [-0.39, 0.29) is 12.3 Å². The molecule has 9 heteroatoms. The van der Waals surface area contributed by atoms with Crippen molar-refractivity contribution in [2.75, 3.05) is 24.3 Å². The van der Waals surface area contributed by atoms with Crippen LogP contribution in [0.5, 0.6) is 0 Å². The van der Waals surface area contributed by atoms with Crippen LogP contribution in [0.3, 0.4) is 0 Å². The fourth-order valence-electron chi connectivity index (χ4n) is 2.24. The van der Waals surface area contributed by atoms with E-state index in [1.807, 2.05) is 30.4 Å². The molecule has 0 bridgehead atoms. The number of aromatic amines is 1. The van der Waals surface area contributed by atoms with E-state index < -0.39 is 0 Å². The van der Waals surface area contributed by atoms with Gasteiger partial charge in [-0.1, -0.05) is 17.7 Å². The SMILES string of the molecule is CN(C)c1c(Cl)cccc1NC(=O)Cc1csc(-c2ncn[nH]2)n1. The van der Waals surface area contributed by atoms with Gasteiger partial charge in [0.05, 0.1) is 28.5 Å². The van der Waals surface area contributed by atoms with E-state index in [9.17, 15) is 4.79 Å². The van der Waals surface area contributed by atoms with Gasteiger partial charge in [0.2, 0.25) is 5.91 Å². The van der Waals surface area contributed by atoms with E-state index in [1.54, 1.807) is 12.1 Å². The van der Waals surface area contributed by atoms with Gasteiger partial charge in [0.1, 0.15) is 6.33 Å². The Morgan fingerprint density at radius 3 is 2.96 bits per heavy atom. The van der Waals surface area contributed by atoms with Gasteiger partial charge in [-0.2, -0.15) is 5.10 Å². The lowest BCUT2D eigenvalue weighted by Gasteiger charge is -2.19. The maximum Gasteiger partial charge on any atom is 0.230 e. The van der Waals surface area contributed by atoms with Crippen LogP contribution in [0.15, 0.2) is 29.9 Å². The summed E-state index contributed by atoms with van der Waals surface area (Å²) in [6.45, 7) is 0. The number of halogens is 1. The Morgan fingerprint density at radius 1 is 1.42 bits per heavy atom. The second-order valence-corrected chi connectivity index (χ2v) is 6.50. The third-order valence-corrected chi connectivity index (χ3v) is 4.42. The highest BCUT2D eigenvalue weighted by atomic mass is 35.5. The molecule has 0 saturated heterocycles. The Morgan fingerprint density at radius 2 is 2.25 bits per heavy atom. The number of anilines is 2. The molecule has 124 valence electrons. The normalized spacial score (nSPS) is 10.6. The lowest BCUT2D eigenvalue weighted by Crippen LogP contribution is -2.18. The summed E-state index contributed by atoms with van der Waals surface area (Å²) in [7, 11) is 3.75. The van der Waals surface area contributed by atoms with E-state index in [0.717, 1.165) is 5.69 Å². The number of nitrogens with zero attached hydrogens (tertiary/aromatic N) is 4. The number of carbonyl (C=O) groups excluding carboxylic acids is 1. The van der Waals surface area contributed by atoms with Crippen LogP contribution in [0.4, 0.5) is 11.4 Å². The summed E-state index contributed by atoms with van der Waals surface area (Å²) >= 11 is 7.62. The van der Waals surface area contributed by atoms with Crippen LogP contribution >= 0.6 is 22.9 Å². The number of hydrogen-bond donors (Lipinski definition) is 2. The molecule has 0 saturated carbocycles. The highest BCUT2D eigenvalue weighted by Gasteiger charge is 2.14. The van der Waals surface area contributed by atoms with Crippen molar-refractivity contribution in [2.24, 2.45) is 0 Å². The summed E-state index contributed by atoms with van der Waals surface area (Å²) in [4.78, 5) is 22.6. The Balaban J connectivity index is 1.72. The van der Waals surface area contributed by atoms with Gasteiger partial charge in [0.15, 0.2) is 10.8 Å². The number of hydrogen-bond acceptors (Lipinski definition) is 6. The average Bonchev–Trinajstić information content (AvgIpc) is 3.17. The van der Waals surface area contributed by atoms with Gasteiger partial charge in [-0.15, -0.1) is 11.3 Å². The monoisotopic (exact) mass is 362 g/mol. The molecule has 0 fully saturated rings. The first kappa shape index (κ1) is 16.4. The van der Waals surface area contributed by atoms with Crippen molar-refractivity contribution in [2.45, 2.75) is 6.42 Å². The summed E-state index contributed by atoms with van der Waals surface area (Å²) < 4.78 is 0. The van der Waals surface area contributed by atoms with Crippen LogP contribution in [0.1, 0.15) is 5.69 Å². The molecule has 0 spiro atoms. The standard InChI is InChI=1S/C15H15ClN6OS/c1-22(2)13-10(16)4-3-5-11(13)20-12(23)6-9-7-24-15(19-9)14-17-8-18-21-14/h3-5,7-8H,6H2,1-2H3,(H,20,23)(H,17,18,21). The number of thiazole rings is 1. The van der Waals surface area contributed by atoms with E-state index in [0.29, 0.717) is 27.2 Å². The zero-order valence-corrected chi connectivity index (χ0v) is 14.6. The Hall–Kier alpha value is -2.45. The van der Waals surface area contributed by atoms with Crippen LogP contribution in [-0.4, -0.2) is 40.2 Å². The Kier molecular flexibility index (Phi) is 4.77. The molecule has 1 aromatic carbocycles. The second-order valence-electron chi connectivity index (χ2n) is 5.23. The lowest BCUT2D eigenvalue weighted by atomic mass is 10.2. The molecular weight excluding hydrogens is 348 g/mol. The molecule has 2 aromatic heterocycles. The molecule has 7 nitrogen and oxygen atoms in total. The van der Waals surface area contributed by atoms with Gasteiger partial charge in [0.25, 0.3) is 0 Å². The number of para-hydroxylation sites is 1. The van der Waals surface area contributed by atoms with Gasteiger partial charge in [-0.3, -0.25) is 9.89 Å². The first-order chi connectivity index (χ1) is 11.5. The van der Waals surface area contributed by atoms with Crippen LogP contribution in [0, 0.1) is 0 Å². The van der Waals surface area contributed by atoms with Crippen molar-refractivity contribution < 1.29 is 4.79 Å². The number of rotatable bonds is 5. The van der Waals surface area contributed by atoms with Gasteiger partial charge < -0.3 is 10.2 Å². The van der Waals surface area contributed by atoms with Crippen molar-refractivity contribution in [3.05, 3.63) is 40.6 Å². The molecule has 0 atom stereocenters. The van der Waals surface area contributed by atoms with Crippen molar-refractivity contribution in [1.29, 1.82) is 0 Å². The molecule has 2 N–H and O–H groups in total. The van der Waals surface area contributed by atoms with E-state index in [2.05, 4.69) is 25.5 Å². The third-order valence-electron chi connectivity index (χ3n) is 3.22. The van der Waals surface area contributed by atoms with E-state index in [4.69, 9.17) is 11.6 Å². The smallest absolute Gasteiger partial charge is 0.230 e. The Labute approximate surface area is 147 Å². The number of amides is 1. The van der Waals surface area contributed by atoms with Crippen molar-refractivity contribution in [3.8, 4) is 10.8 Å². The fourth-order valence-corrected chi connectivity index (χ4v) is 3.34. The highest BCUT2D eigenvalue weighted by molar-refractivity contribution is 7.13. The van der Waals surface area contributed by atoms with E-state index in [1.165, 1.54) is 17.7 Å². The minimum atomic E-state index is -0.158. The first-order valence-corrected chi connectivity index (χ1v) is 8.36. The summed E-state index contributed by atoms with van der Waals surface area (Å²) in [5, 5.41) is 12.6. The molecule has 0 aliphatic rings. The summed E-state index contributed by atoms with van der Waals surface area (Å²) in [5.74, 6) is 0.436. The van der Waals surface area contributed by atoms with Gasteiger partial charge >= 0.3 is 0 Å². The Bertz CT molecular complexity index is 846. The van der Waals surface area contributed by atoms with Crippen molar-refractivity contribution in [1.82, 2.24) is 20.2 Å². The topological polar surface area (TPSA) is 86.8 Å². The van der Waals surface area contributed by atoms with Gasteiger partial charge in [0, 0.05) is 19.5 Å². The predicted octanol–water partition coefficient (Wildman–Crippen LogP) is 2.83. The van der Waals surface area contributed by atoms with Gasteiger partial charge in [-0.25, -0.2) is 9.97 Å². The van der Waals surface area contributed by atoms with Crippen LogP contribution in [-0.2, 0) is 11.2 Å². The second kappa shape index (κ2) is 6.98. The molecule has 0 aliphatic carbocycles. The van der Waals surface area contributed by atoms with Crippen LogP contribution < -0.4 is 10.2 Å². The largest absolute Gasteiger partial charge is 0.375 e. The molecule has 3 aromatic rings. The molecule has 2 heterocycles. The first-order valence-electron chi connectivity index (χ1n) is 7.10. The number of benzene rings is 1. The zero-order chi connectivity index (χ0) is 17.1. The molecule has 0 radical (unpaired) electrons. The maximum atomic E-state index is 12.3. The summed E-state index contributed by atoms with van der Waals surface area (Å²) in [5.41, 5.74) is 2.12. The molecule has 1 amide bonds. The van der Waals surface area contributed by atoms with Crippen molar-refractivity contribution >= 4 is 40.2 Å². The quantitative estimate of drug-likeness (QED) is 0.728. The average molecular weight is 363 g/mol. The van der Waals surface area contributed by atoms with Gasteiger partial charge in [-0.05, 0) is 12.1 Å². The minimum absolute atomic E-state index is 0.158. The number of nitrogens with one attached hydrogen (secondary N) is 2. The van der Waals surface area contributed by atoms with Crippen LogP contribution in [0.25, 0.3) is 10.8 Å².